The van der Waals surface area contributed by atoms with Crippen LogP contribution in [0.25, 0.3) is 11.3 Å². The molecule has 2 aromatic rings. The van der Waals surface area contributed by atoms with Crippen LogP contribution in [0.4, 0.5) is 10.5 Å². The van der Waals surface area contributed by atoms with Gasteiger partial charge in [-0.25, -0.2) is 9.78 Å². The first-order valence-corrected chi connectivity index (χ1v) is 9.70. The van der Waals surface area contributed by atoms with Crippen LogP contribution in [-0.2, 0) is 4.79 Å². The smallest absolute Gasteiger partial charge is 0.322 e. The molecule has 6 nitrogen and oxygen atoms in total. The van der Waals surface area contributed by atoms with Gasteiger partial charge >= 0.3 is 6.03 Å². The number of piperazine rings is 1. The number of nitrogens with zero attached hydrogens (tertiary/aromatic N) is 2. The molecular weight excluding hydrogens is 348 g/mol. The minimum atomic E-state index is -0.433. The second-order valence-electron chi connectivity index (χ2n) is 6.86. The van der Waals surface area contributed by atoms with Gasteiger partial charge < -0.3 is 15.5 Å². The van der Waals surface area contributed by atoms with Crippen molar-refractivity contribution >= 4 is 29.0 Å². The Bertz CT molecular complexity index is 802. The Hall–Kier alpha value is -2.41. The summed E-state index contributed by atoms with van der Waals surface area (Å²) in [5.74, 6) is 0.243. The summed E-state index contributed by atoms with van der Waals surface area (Å²) < 4.78 is 0. The molecule has 7 heteroatoms. The van der Waals surface area contributed by atoms with Gasteiger partial charge in [0.1, 0.15) is 6.04 Å². The van der Waals surface area contributed by atoms with Gasteiger partial charge in [0.2, 0.25) is 5.91 Å². The van der Waals surface area contributed by atoms with Gasteiger partial charge in [-0.2, -0.15) is 0 Å². The van der Waals surface area contributed by atoms with E-state index in [1.165, 1.54) is 0 Å². The van der Waals surface area contributed by atoms with Crippen LogP contribution in [0.5, 0.6) is 0 Å². The maximum absolute atomic E-state index is 12.9. The summed E-state index contributed by atoms with van der Waals surface area (Å²) in [5, 5.41) is 8.80. The maximum atomic E-state index is 12.9. The minimum Gasteiger partial charge on any atom is -0.353 e. The molecule has 1 aromatic heterocycles. The molecule has 3 amide bonds. The number of aromatic nitrogens is 1. The van der Waals surface area contributed by atoms with Crippen molar-refractivity contribution in [2.24, 2.45) is 5.92 Å². The highest BCUT2D eigenvalue weighted by Crippen LogP contribution is 2.29. The number of carbonyl (C=O) groups excluding carboxylic acids is 2. The largest absolute Gasteiger partial charge is 0.353 e. The average Bonchev–Trinajstić information content (AvgIpc) is 3.03. The number of thiazole rings is 1. The fourth-order valence-electron chi connectivity index (χ4n) is 3.13. The number of hydrogen-bond acceptors (Lipinski definition) is 4. The predicted molar refractivity (Wildman–Crippen MR) is 104 cm³/mol. The predicted octanol–water partition coefficient (Wildman–Crippen LogP) is 3.50. The zero-order chi connectivity index (χ0) is 18.7. The standard InChI is InChI=1S/C19H24N4O2S/c1-12(2)10-17-18(24)20-8-9-23(17)19(25)22-15-7-5-4-6-14(15)16-11-26-13(3)21-16/h4-7,11-12,17H,8-10H2,1-3H3,(H,20,24)(H,22,25). The van der Waals surface area contributed by atoms with E-state index in [1.807, 2.05) is 36.6 Å². The topological polar surface area (TPSA) is 74.3 Å². The number of rotatable bonds is 4. The summed E-state index contributed by atoms with van der Waals surface area (Å²) in [6, 6.07) is 6.94. The van der Waals surface area contributed by atoms with Crippen LogP contribution in [-0.4, -0.2) is 41.0 Å². The molecule has 26 heavy (non-hydrogen) atoms. The lowest BCUT2D eigenvalue weighted by atomic mass is 10.0. The van der Waals surface area contributed by atoms with Gasteiger partial charge in [0.05, 0.1) is 16.4 Å². The van der Waals surface area contributed by atoms with Crippen LogP contribution >= 0.6 is 11.3 Å². The number of carbonyl (C=O) groups is 2. The molecule has 0 aliphatic carbocycles. The average molecular weight is 372 g/mol. The Morgan fingerprint density at radius 3 is 2.88 bits per heavy atom. The number of hydrogen-bond donors (Lipinski definition) is 2. The number of para-hydroxylation sites is 1. The minimum absolute atomic E-state index is 0.0801. The molecule has 1 aliphatic heterocycles. The normalized spacial score (nSPS) is 17.3. The highest BCUT2D eigenvalue weighted by molar-refractivity contribution is 7.09. The molecule has 1 fully saturated rings. The lowest BCUT2D eigenvalue weighted by Crippen LogP contribution is -2.58. The van der Waals surface area contributed by atoms with E-state index in [2.05, 4.69) is 29.5 Å². The molecule has 1 aliphatic rings. The molecule has 1 aromatic carbocycles. The van der Waals surface area contributed by atoms with Crippen molar-refractivity contribution in [2.75, 3.05) is 18.4 Å². The molecule has 2 heterocycles. The van der Waals surface area contributed by atoms with Crippen molar-refractivity contribution < 1.29 is 9.59 Å². The van der Waals surface area contributed by atoms with E-state index in [1.54, 1.807) is 16.2 Å². The van der Waals surface area contributed by atoms with Crippen LogP contribution in [0.3, 0.4) is 0 Å². The van der Waals surface area contributed by atoms with E-state index in [9.17, 15) is 9.59 Å². The summed E-state index contributed by atoms with van der Waals surface area (Å²) in [5.41, 5.74) is 2.43. The van der Waals surface area contributed by atoms with Gasteiger partial charge in [-0.05, 0) is 25.3 Å². The van der Waals surface area contributed by atoms with E-state index in [4.69, 9.17) is 0 Å². The van der Waals surface area contributed by atoms with E-state index in [0.29, 0.717) is 31.1 Å². The van der Waals surface area contributed by atoms with Gasteiger partial charge in [-0.15, -0.1) is 11.3 Å². The number of urea groups is 1. The molecule has 1 unspecified atom stereocenters. The van der Waals surface area contributed by atoms with Crippen molar-refractivity contribution in [3.8, 4) is 11.3 Å². The second kappa shape index (κ2) is 7.86. The maximum Gasteiger partial charge on any atom is 0.322 e. The lowest BCUT2D eigenvalue weighted by Gasteiger charge is -2.36. The monoisotopic (exact) mass is 372 g/mol. The molecule has 1 atom stereocenters. The van der Waals surface area contributed by atoms with E-state index in [0.717, 1.165) is 16.3 Å². The molecule has 0 bridgehead atoms. The summed E-state index contributed by atoms with van der Waals surface area (Å²) in [6.45, 7) is 7.05. The molecule has 138 valence electrons. The van der Waals surface area contributed by atoms with Crippen molar-refractivity contribution in [3.05, 3.63) is 34.7 Å². The second-order valence-corrected chi connectivity index (χ2v) is 7.92. The van der Waals surface area contributed by atoms with Crippen LogP contribution in [0.2, 0.25) is 0 Å². The quantitative estimate of drug-likeness (QED) is 0.863. The number of aryl methyl sites for hydroxylation is 1. The van der Waals surface area contributed by atoms with E-state index < -0.39 is 6.04 Å². The molecule has 0 spiro atoms. The van der Waals surface area contributed by atoms with Crippen LogP contribution in [0.15, 0.2) is 29.6 Å². The number of nitrogens with one attached hydrogen (secondary N) is 2. The fraction of sp³-hybridized carbons (Fsp3) is 0.421. The summed E-state index contributed by atoms with van der Waals surface area (Å²) in [4.78, 5) is 31.3. The Morgan fingerprint density at radius 1 is 1.42 bits per heavy atom. The Morgan fingerprint density at radius 2 is 2.19 bits per heavy atom. The summed E-state index contributed by atoms with van der Waals surface area (Å²) in [6.07, 6.45) is 0.645. The van der Waals surface area contributed by atoms with Crippen molar-refractivity contribution in [1.29, 1.82) is 0 Å². The highest BCUT2D eigenvalue weighted by Gasteiger charge is 2.33. The van der Waals surface area contributed by atoms with Crippen LogP contribution in [0, 0.1) is 12.8 Å². The van der Waals surface area contributed by atoms with Crippen molar-refractivity contribution in [3.63, 3.8) is 0 Å². The Balaban J connectivity index is 1.82. The third-order valence-corrected chi connectivity index (χ3v) is 5.12. The summed E-state index contributed by atoms with van der Waals surface area (Å²) in [7, 11) is 0. The first-order chi connectivity index (χ1) is 12.5. The van der Waals surface area contributed by atoms with Crippen LogP contribution < -0.4 is 10.6 Å². The molecule has 0 saturated carbocycles. The Labute approximate surface area is 157 Å². The van der Waals surface area contributed by atoms with Gasteiger partial charge in [-0.1, -0.05) is 32.0 Å². The first-order valence-electron chi connectivity index (χ1n) is 8.82. The molecule has 2 N–H and O–H groups in total. The fourth-order valence-corrected chi connectivity index (χ4v) is 3.74. The third-order valence-electron chi connectivity index (χ3n) is 4.35. The Kier molecular flexibility index (Phi) is 5.56. The first kappa shape index (κ1) is 18.4. The van der Waals surface area contributed by atoms with E-state index in [-0.39, 0.29) is 11.9 Å². The molecule has 1 saturated heterocycles. The zero-order valence-electron chi connectivity index (χ0n) is 15.3. The summed E-state index contributed by atoms with van der Waals surface area (Å²) >= 11 is 1.58. The highest BCUT2D eigenvalue weighted by atomic mass is 32.1. The molecular formula is C19H24N4O2S. The van der Waals surface area contributed by atoms with Gasteiger partial charge in [-0.3, -0.25) is 4.79 Å². The van der Waals surface area contributed by atoms with Gasteiger partial charge in [0, 0.05) is 24.0 Å². The van der Waals surface area contributed by atoms with Crippen molar-refractivity contribution in [1.82, 2.24) is 15.2 Å². The van der Waals surface area contributed by atoms with E-state index >= 15 is 0 Å². The van der Waals surface area contributed by atoms with Crippen molar-refractivity contribution in [2.45, 2.75) is 33.2 Å². The third kappa shape index (κ3) is 4.04. The zero-order valence-corrected chi connectivity index (χ0v) is 16.1. The number of amides is 3. The molecule has 0 radical (unpaired) electrons. The SMILES string of the molecule is Cc1nc(-c2ccccc2NC(=O)N2CCNC(=O)C2CC(C)C)cs1. The van der Waals surface area contributed by atoms with Gasteiger partial charge in [0.25, 0.3) is 0 Å². The number of benzene rings is 1. The van der Waals surface area contributed by atoms with Gasteiger partial charge in [0.15, 0.2) is 0 Å². The number of anilines is 1. The lowest BCUT2D eigenvalue weighted by molar-refractivity contribution is -0.128. The molecule has 3 rings (SSSR count). The van der Waals surface area contributed by atoms with Crippen LogP contribution in [0.1, 0.15) is 25.3 Å².